The first-order chi connectivity index (χ1) is 15.8. The Morgan fingerprint density at radius 3 is 2.25 bits per heavy atom. The second-order valence-electron chi connectivity index (χ2n) is 10.5. The van der Waals surface area contributed by atoms with E-state index in [1.165, 1.54) is 101 Å². The second kappa shape index (κ2) is 12.2. The van der Waals surface area contributed by atoms with Crippen LogP contribution in [0, 0.1) is 5.92 Å². The first-order valence-corrected chi connectivity index (χ1v) is 13.9. The molecular weight excluding hydrogens is 394 g/mol. The molecule has 2 fully saturated rings. The molecule has 2 unspecified atom stereocenters. The summed E-state index contributed by atoms with van der Waals surface area (Å²) >= 11 is 0. The Morgan fingerprint density at radius 1 is 0.812 bits per heavy atom. The van der Waals surface area contributed by atoms with Crippen molar-refractivity contribution in [1.29, 1.82) is 0 Å². The Labute approximate surface area is 196 Å². The maximum absolute atomic E-state index is 5.23. The van der Waals surface area contributed by atoms with Crippen LogP contribution in [0.2, 0.25) is 0 Å². The summed E-state index contributed by atoms with van der Waals surface area (Å²) < 4.78 is 0. The number of hydrogen-bond acceptors (Lipinski definition) is 5. The third kappa shape index (κ3) is 6.15. The van der Waals surface area contributed by atoms with Gasteiger partial charge in [0.1, 0.15) is 5.82 Å². The molecule has 3 aliphatic rings. The van der Waals surface area contributed by atoms with E-state index in [1.807, 2.05) is 0 Å². The number of nitrogens with one attached hydrogen (secondary N) is 2. The highest BCUT2D eigenvalue weighted by molar-refractivity contribution is 5.53. The second-order valence-corrected chi connectivity index (χ2v) is 10.5. The molecule has 1 aromatic heterocycles. The topological polar surface area (TPSA) is 53.1 Å². The van der Waals surface area contributed by atoms with Gasteiger partial charge in [-0.2, -0.15) is 4.98 Å². The van der Waals surface area contributed by atoms with Crippen LogP contribution in [0.15, 0.2) is 0 Å². The lowest BCUT2D eigenvalue weighted by Gasteiger charge is -2.34. The van der Waals surface area contributed by atoms with E-state index < -0.39 is 0 Å². The maximum Gasteiger partial charge on any atom is 0.225 e. The molecule has 0 bridgehead atoms. The summed E-state index contributed by atoms with van der Waals surface area (Å²) in [5, 5.41) is 7.77. The zero-order valence-corrected chi connectivity index (χ0v) is 20.8. The van der Waals surface area contributed by atoms with E-state index in [4.69, 9.17) is 9.97 Å². The molecule has 180 valence electrons. The molecular formula is C27H47N5. The van der Waals surface area contributed by atoms with Crippen molar-refractivity contribution in [2.45, 2.75) is 122 Å². The van der Waals surface area contributed by atoms with Crippen molar-refractivity contribution >= 4 is 11.8 Å². The highest BCUT2D eigenvalue weighted by atomic mass is 15.2. The van der Waals surface area contributed by atoms with Gasteiger partial charge in [-0.15, -0.1) is 0 Å². The van der Waals surface area contributed by atoms with Crippen LogP contribution < -0.4 is 15.5 Å². The van der Waals surface area contributed by atoms with Crippen LogP contribution in [0.5, 0.6) is 0 Å². The Bertz CT molecular complexity index is 694. The fraction of sp³-hybridized carbons (Fsp3) is 0.852. The van der Waals surface area contributed by atoms with Crippen LogP contribution in [-0.4, -0.2) is 41.7 Å². The van der Waals surface area contributed by atoms with Crippen molar-refractivity contribution < 1.29 is 0 Å². The molecule has 1 aliphatic heterocycles. The van der Waals surface area contributed by atoms with Gasteiger partial charge in [-0.1, -0.05) is 58.8 Å². The van der Waals surface area contributed by atoms with Gasteiger partial charge in [0, 0.05) is 30.7 Å². The summed E-state index contributed by atoms with van der Waals surface area (Å²) in [5.74, 6) is 2.95. The molecule has 5 heteroatoms. The summed E-state index contributed by atoms with van der Waals surface area (Å²) in [7, 11) is 0. The molecule has 1 saturated carbocycles. The molecule has 0 amide bonds. The molecule has 1 saturated heterocycles. The van der Waals surface area contributed by atoms with E-state index in [9.17, 15) is 0 Å². The SMILES string of the molecule is CCC(CC)CNC1CCCCC1Nc1nc2c(c(N3CCCCCC3)n1)CCCCC2. The molecule has 1 aromatic rings. The minimum Gasteiger partial charge on any atom is -0.356 e. The van der Waals surface area contributed by atoms with Gasteiger partial charge < -0.3 is 15.5 Å². The number of anilines is 2. The van der Waals surface area contributed by atoms with E-state index in [-0.39, 0.29) is 0 Å². The van der Waals surface area contributed by atoms with Gasteiger partial charge in [0.15, 0.2) is 0 Å². The fourth-order valence-corrected chi connectivity index (χ4v) is 5.97. The third-order valence-corrected chi connectivity index (χ3v) is 8.22. The average Bonchev–Trinajstić information content (AvgIpc) is 3.23. The van der Waals surface area contributed by atoms with Crippen LogP contribution in [0.4, 0.5) is 11.8 Å². The monoisotopic (exact) mass is 441 g/mol. The van der Waals surface area contributed by atoms with Gasteiger partial charge in [0.05, 0.1) is 5.69 Å². The zero-order chi connectivity index (χ0) is 22.2. The molecule has 4 rings (SSSR count). The molecule has 0 aromatic carbocycles. The number of fused-ring (bicyclic) bond motifs is 1. The predicted octanol–water partition coefficient (Wildman–Crippen LogP) is 5.87. The van der Waals surface area contributed by atoms with Gasteiger partial charge in [0.25, 0.3) is 0 Å². The standard InChI is InChI=1S/C27H47N5/c1-3-21(4-2)20-28-24-16-10-11-17-25(24)30-27-29-23-15-9-7-8-14-22(23)26(31-27)32-18-12-5-6-13-19-32/h21,24-25,28H,3-20H2,1-2H3,(H,29,30,31). The van der Waals surface area contributed by atoms with E-state index in [1.54, 1.807) is 0 Å². The van der Waals surface area contributed by atoms with Gasteiger partial charge in [-0.3, -0.25) is 0 Å². The van der Waals surface area contributed by atoms with Crippen molar-refractivity contribution in [3.8, 4) is 0 Å². The molecule has 2 heterocycles. The van der Waals surface area contributed by atoms with E-state index in [0.717, 1.165) is 44.3 Å². The molecule has 2 atom stereocenters. The average molecular weight is 442 g/mol. The van der Waals surface area contributed by atoms with E-state index in [0.29, 0.717) is 12.1 Å². The Hall–Kier alpha value is -1.36. The summed E-state index contributed by atoms with van der Waals surface area (Å²) in [6, 6.07) is 0.979. The van der Waals surface area contributed by atoms with Crippen molar-refractivity contribution in [3.63, 3.8) is 0 Å². The van der Waals surface area contributed by atoms with Crippen molar-refractivity contribution in [1.82, 2.24) is 15.3 Å². The predicted molar refractivity (Wildman–Crippen MR) is 136 cm³/mol. The van der Waals surface area contributed by atoms with Crippen molar-refractivity contribution in [3.05, 3.63) is 11.3 Å². The highest BCUT2D eigenvalue weighted by Gasteiger charge is 2.28. The molecule has 32 heavy (non-hydrogen) atoms. The minimum atomic E-state index is 0.443. The zero-order valence-electron chi connectivity index (χ0n) is 20.8. The molecule has 2 N–H and O–H groups in total. The van der Waals surface area contributed by atoms with Crippen LogP contribution in [-0.2, 0) is 12.8 Å². The summed E-state index contributed by atoms with van der Waals surface area (Å²) in [4.78, 5) is 12.9. The fourth-order valence-electron chi connectivity index (χ4n) is 5.97. The highest BCUT2D eigenvalue weighted by Crippen LogP contribution is 2.31. The van der Waals surface area contributed by atoms with Crippen LogP contribution >= 0.6 is 0 Å². The number of aryl methyl sites for hydroxylation is 1. The molecule has 5 nitrogen and oxygen atoms in total. The van der Waals surface area contributed by atoms with Crippen molar-refractivity contribution in [2.24, 2.45) is 5.92 Å². The number of hydrogen-bond donors (Lipinski definition) is 2. The van der Waals surface area contributed by atoms with Crippen LogP contribution in [0.1, 0.15) is 109 Å². The summed E-state index contributed by atoms with van der Waals surface area (Å²) in [5.41, 5.74) is 2.79. The number of nitrogens with zero attached hydrogens (tertiary/aromatic N) is 3. The quantitative estimate of drug-likeness (QED) is 0.494. The molecule has 0 spiro atoms. The van der Waals surface area contributed by atoms with Gasteiger partial charge in [-0.25, -0.2) is 4.98 Å². The first kappa shape index (κ1) is 23.8. The van der Waals surface area contributed by atoms with E-state index >= 15 is 0 Å². The normalized spacial score (nSPS) is 24.7. The number of rotatable bonds is 8. The Kier molecular flexibility index (Phi) is 9.07. The lowest BCUT2D eigenvalue weighted by Crippen LogP contribution is -2.48. The van der Waals surface area contributed by atoms with Gasteiger partial charge in [0.2, 0.25) is 5.95 Å². The largest absolute Gasteiger partial charge is 0.356 e. The lowest BCUT2D eigenvalue weighted by atomic mass is 9.89. The van der Waals surface area contributed by atoms with Crippen LogP contribution in [0.25, 0.3) is 0 Å². The Morgan fingerprint density at radius 2 is 1.50 bits per heavy atom. The summed E-state index contributed by atoms with van der Waals surface area (Å²) in [6.07, 6.45) is 19.1. The lowest BCUT2D eigenvalue weighted by molar-refractivity contribution is 0.316. The summed E-state index contributed by atoms with van der Waals surface area (Å²) in [6.45, 7) is 8.10. The smallest absolute Gasteiger partial charge is 0.225 e. The molecule has 2 aliphatic carbocycles. The first-order valence-electron chi connectivity index (χ1n) is 13.9. The minimum absolute atomic E-state index is 0.443. The Balaban J connectivity index is 1.54. The van der Waals surface area contributed by atoms with Gasteiger partial charge in [-0.05, 0) is 63.8 Å². The maximum atomic E-state index is 5.23. The third-order valence-electron chi connectivity index (χ3n) is 8.22. The molecule has 0 radical (unpaired) electrons. The van der Waals surface area contributed by atoms with Crippen LogP contribution in [0.3, 0.4) is 0 Å². The van der Waals surface area contributed by atoms with Crippen molar-refractivity contribution in [2.75, 3.05) is 29.9 Å². The van der Waals surface area contributed by atoms with Gasteiger partial charge >= 0.3 is 0 Å². The van der Waals surface area contributed by atoms with E-state index in [2.05, 4.69) is 29.4 Å². The number of aromatic nitrogens is 2.